The lowest BCUT2D eigenvalue weighted by molar-refractivity contribution is 1.22. The number of anilines is 2. The fraction of sp³-hybridized carbons (Fsp3) is 0. The maximum Gasteiger partial charge on any atom is 0.0462 e. The number of nitrogens with zero attached hydrogens (tertiary/aromatic N) is 1. The summed E-state index contributed by atoms with van der Waals surface area (Å²) in [6.45, 7) is 8.83. The standard InChI is InChI=1S/C36H25Br2N/c1-24(11-12-25(2)39(29-18-14-27(37)15-19-29)30-20-16-28(38)17-21-30)26-13-22-35-33-9-4-3-7-31(33)32-8-5-6-10-34(32)36(35)23-26/h3-23H,1-2H2/b12-11-. The van der Waals surface area contributed by atoms with Crippen LogP contribution in [-0.4, -0.2) is 0 Å². The topological polar surface area (TPSA) is 3.24 Å². The minimum atomic E-state index is 0.845. The summed E-state index contributed by atoms with van der Waals surface area (Å²) in [5.74, 6) is 0. The average molecular weight is 631 g/mol. The van der Waals surface area contributed by atoms with Crippen LogP contribution in [0.3, 0.4) is 0 Å². The highest BCUT2D eigenvalue weighted by molar-refractivity contribution is 9.10. The Morgan fingerprint density at radius 1 is 0.513 bits per heavy atom. The number of fused-ring (bicyclic) bond motifs is 6. The Labute approximate surface area is 245 Å². The van der Waals surface area contributed by atoms with Crippen molar-refractivity contribution >= 4 is 81.1 Å². The number of rotatable bonds is 6. The third-order valence-electron chi connectivity index (χ3n) is 7.05. The van der Waals surface area contributed by atoms with Crippen molar-refractivity contribution in [3.8, 4) is 0 Å². The highest BCUT2D eigenvalue weighted by Crippen LogP contribution is 2.37. The van der Waals surface area contributed by atoms with Crippen LogP contribution in [0.1, 0.15) is 5.56 Å². The van der Waals surface area contributed by atoms with Gasteiger partial charge >= 0.3 is 0 Å². The molecule has 0 spiro atoms. The number of hydrogen-bond donors (Lipinski definition) is 0. The third kappa shape index (κ3) is 4.96. The second-order valence-corrected chi connectivity index (χ2v) is 11.3. The van der Waals surface area contributed by atoms with Crippen molar-refractivity contribution in [2.24, 2.45) is 0 Å². The van der Waals surface area contributed by atoms with Gasteiger partial charge in [-0.25, -0.2) is 0 Å². The van der Waals surface area contributed by atoms with Gasteiger partial charge in [0.25, 0.3) is 0 Å². The lowest BCUT2D eigenvalue weighted by Gasteiger charge is -2.25. The molecule has 3 heteroatoms. The van der Waals surface area contributed by atoms with E-state index in [1.165, 1.54) is 32.3 Å². The van der Waals surface area contributed by atoms with Crippen molar-refractivity contribution in [3.05, 3.63) is 161 Å². The maximum absolute atomic E-state index is 4.42. The van der Waals surface area contributed by atoms with E-state index in [0.29, 0.717) is 0 Å². The highest BCUT2D eigenvalue weighted by Gasteiger charge is 2.13. The van der Waals surface area contributed by atoms with Crippen LogP contribution >= 0.6 is 31.9 Å². The van der Waals surface area contributed by atoms with E-state index in [4.69, 9.17) is 0 Å². The highest BCUT2D eigenvalue weighted by atomic mass is 79.9. The molecule has 0 amide bonds. The van der Waals surface area contributed by atoms with Gasteiger partial charge in [0.2, 0.25) is 0 Å². The Morgan fingerprint density at radius 2 is 0.949 bits per heavy atom. The first-order chi connectivity index (χ1) is 19.0. The van der Waals surface area contributed by atoms with E-state index in [-0.39, 0.29) is 0 Å². The summed E-state index contributed by atoms with van der Waals surface area (Å²) in [5, 5.41) is 7.57. The molecule has 0 N–H and O–H groups in total. The largest absolute Gasteiger partial charge is 0.311 e. The molecule has 0 fully saturated rings. The molecular formula is C36H25Br2N. The van der Waals surface area contributed by atoms with Gasteiger partial charge < -0.3 is 4.90 Å². The van der Waals surface area contributed by atoms with E-state index < -0.39 is 0 Å². The molecule has 0 saturated carbocycles. The van der Waals surface area contributed by atoms with Gasteiger partial charge in [-0.1, -0.05) is 112 Å². The first kappa shape index (κ1) is 25.4. The number of hydrogen-bond acceptors (Lipinski definition) is 1. The molecule has 0 aromatic heterocycles. The summed E-state index contributed by atoms with van der Waals surface area (Å²) in [4.78, 5) is 2.14. The molecule has 6 rings (SSSR count). The smallest absolute Gasteiger partial charge is 0.0462 e. The molecule has 0 saturated heterocycles. The molecule has 188 valence electrons. The average Bonchev–Trinajstić information content (AvgIpc) is 2.98. The van der Waals surface area contributed by atoms with Crippen LogP contribution in [0, 0.1) is 0 Å². The minimum absolute atomic E-state index is 0.845. The molecule has 0 bridgehead atoms. The van der Waals surface area contributed by atoms with Gasteiger partial charge in [0.1, 0.15) is 0 Å². The molecule has 0 aliphatic carbocycles. The molecule has 0 heterocycles. The Morgan fingerprint density at radius 3 is 1.44 bits per heavy atom. The summed E-state index contributed by atoms with van der Waals surface area (Å²) in [7, 11) is 0. The monoisotopic (exact) mass is 629 g/mol. The zero-order valence-corrected chi connectivity index (χ0v) is 24.4. The van der Waals surface area contributed by atoms with Gasteiger partial charge in [-0.05, 0) is 104 Å². The van der Waals surface area contributed by atoms with Crippen LogP contribution in [0.5, 0.6) is 0 Å². The lowest BCUT2D eigenvalue weighted by atomic mass is 9.92. The quantitative estimate of drug-likeness (QED) is 0.131. The fourth-order valence-corrected chi connectivity index (χ4v) is 5.66. The number of benzene rings is 6. The van der Waals surface area contributed by atoms with Crippen molar-refractivity contribution in [3.63, 3.8) is 0 Å². The fourth-order valence-electron chi connectivity index (χ4n) is 5.14. The van der Waals surface area contributed by atoms with Crippen molar-refractivity contribution in [1.29, 1.82) is 0 Å². The molecule has 0 unspecified atom stereocenters. The molecule has 6 aromatic rings. The van der Waals surface area contributed by atoms with Crippen molar-refractivity contribution in [1.82, 2.24) is 0 Å². The van der Waals surface area contributed by atoms with Crippen LogP contribution in [0.15, 0.2) is 155 Å². The van der Waals surface area contributed by atoms with Gasteiger partial charge in [0.15, 0.2) is 0 Å². The number of halogens is 2. The van der Waals surface area contributed by atoms with Crippen LogP contribution in [0.4, 0.5) is 11.4 Å². The zero-order chi connectivity index (χ0) is 26.9. The normalized spacial score (nSPS) is 11.4. The van der Waals surface area contributed by atoms with Crippen LogP contribution in [-0.2, 0) is 0 Å². The van der Waals surface area contributed by atoms with Gasteiger partial charge in [0.05, 0.1) is 0 Å². The summed E-state index contributed by atoms with van der Waals surface area (Å²) >= 11 is 7.09. The third-order valence-corrected chi connectivity index (χ3v) is 8.11. The lowest BCUT2D eigenvalue weighted by Crippen LogP contribution is -2.14. The van der Waals surface area contributed by atoms with E-state index in [1.807, 2.05) is 30.3 Å². The molecule has 0 aliphatic rings. The summed E-state index contributed by atoms with van der Waals surface area (Å²) in [6.07, 6.45) is 4.09. The van der Waals surface area contributed by atoms with E-state index in [9.17, 15) is 0 Å². The Balaban J connectivity index is 1.37. The second kappa shape index (κ2) is 10.7. The summed E-state index contributed by atoms with van der Waals surface area (Å²) in [5.41, 5.74) is 4.93. The molecular weight excluding hydrogens is 606 g/mol. The van der Waals surface area contributed by atoms with Crippen LogP contribution in [0.25, 0.3) is 37.9 Å². The minimum Gasteiger partial charge on any atom is -0.311 e. The van der Waals surface area contributed by atoms with Crippen LogP contribution < -0.4 is 4.90 Å². The van der Waals surface area contributed by atoms with Gasteiger partial charge in [-0.3, -0.25) is 0 Å². The Bertz CT molecular complexity index is 1820. The molecule has 0 atom stereocenters. The van der Waals surface area contributed by atoms with E-state index in [2.05, 4.69) is 147 Å². The second-order valence-electron chi connectivity index (χ2n) is 9.49. The Hall–Kier alpha value is -3.92. The first-order valence-corrected chi connectivity index (χ1v) is 14.3. The molecule has 39 heavy (non-hydrogen) atoms. The summed E-state index contributed by atoms with van der Waals surface area (Å²) in [6, 6.07) is 40.4. The van der Waals surface area contributed by atoms with E-state index >= 15 is 0 Å². The van der Waals surface area contributed by atoms with Crippen molar-refractivity contribution in [2.75, 3.05) is 4.90 Å². The molecule has 6 aromatic carbocycles. The molecule has 0 radical (unpaired) electrons. The van der Waals surface area contributed by atoms with Gasteiger partial charge in [-0.15, -0.1) is 0 Å². The predicted octanol–water partition coefficient (Wildman–Crippen LogP) is 11.6. The molecule has 1 nitrogen and oxygen atoms in total. The van der Waals surface area contributed by atoms with Crippen molar-refractivity contribution < 1.29 is 0 Å². The van der Waals surface area contributed by atoms with Gasteiger partial charge in [-0.2, -0.15) is 0 Å². The SMILES string of the molecule is C=C(/C=C\C(=C)N(c1ccc(Br)cc1)c1ccc(Br)cc1)c1ccc2c3ccccc3c3ccccc3c2c1. The first-order valence-electron chi connectivity index (χ1n) is 12.7. The molecule has 0 aliphatic heterocycles. The van der Waals surface area contributed by atoms with Crippen molar-refractivity contribution in [2.45, 2.75) is 0 Å². The van der Waals surface area contributed by atoms with Gasteiger partial charge in [0, 0.05) is 26.0 Å². The Kier molecular flexibility index (Phi) is 6.95. The van der Waals surface area contributed by atoms with E-state index in [0.717, 1.165) is 37.2 Å². The maximum atomic E-state index is 4.42. The van der Waals surface area contributed by atoms with Crippen LogP contribution in [0.2, 0.25) is 0 Å². The van der Waals surface area contributed by atoms with E-state index in [1.54, 1.807) is 0 Å². The zero-order valence-electron chi connectivity index (χ0n) is 21.2. The number of allylic oxidation sites excluding steroid dienone is 3. The summed E-state index contributed by atoms with van der Waals surface area (Å²) < 4.78 is 2.07. The predicted molar refractivity (Wildman–Crippen MR) is 177 cm³/mol.